The van der Waals surface area contributed by atoms with E-state index in [1.54, 1.807) is 14.2 Å². The maximum atomic E-state index is 5.52. The van der Waals surface area contributed by atoms with Gasteiger partial charge in [-0.25, -0.2) is 0 Å². The van der Waals surface area contributed by atoms with Gasteiger partial charge in [0, 0.05) is 47.1 Å². The van der Waals surface area contributed by atoms with Gasteiger partial charge in [0.25, 0.3) is 0 Å². The molecule has 0 bridgehead atoms. The molecule has 3 atom stereocenters. The largest absolute Gasteiger partial charge is 0.497 e. The molecule has 0 radical (unpaired) electrons. The van der Waals surface area contributed by atoms with E-state index in [0.29, 0.717) is 17.9 Å². The fourth-order valence-corrected chi connectivity index (χ4v) is 7.05. The molecule has 190 valence electrons. The van der Waals surface area contributed by atoms with Crippen molar-refractivity contribution in [2.45, 2.75) is 31.7 Å². The normalized spacial score (nSPS) is 23.3. The molecular formula is C31H34N4O2. The third-order valence-corrected chi connectivity index (χ3v) is 8.97. The Morgan fingerprint density at radius 1 is 1.00 bits per heavy atom. The van der Waals surface area contributed by atoms with Gasteiger partial charge < -0.3 is 19.4 Å². The van der Waals surface area contributed by atoms with E-state index in [1.807, 2.05) is 12.1 Å². The first kappa shape index (κ1) is 22.7. The summed E-state index contributed by atoms with van der Waals surface area (Å²) in [6.07, 6.45) is 6.31. The lowest BCUT2D eigenvalue weighted by atomic mass is 9.75. The molecule has 0 saturated carbocycles. The van der Waals surface area contributed by atoms with Crippen molar-refractivity contribution in [1.82, 2.24) is 14.9 Å². The van der Waals surface area contributed by atoms with E-state index >= 15 is 0 Å². The molecule has 1 fully saturated rings. The van der Waals surface area contributed by atoms with E-state index in [1.165, 1.54) is 50.0 Å². The number of piperidine rings is 1. The second-order valence-electron chi connectivity index (χ2n) is 10.8. The smallest absolute Gasteiger partial charge is 0.119 e. The second kappa shape index (κ2) is 8.80. The molecule has 7 rings (SSSR count). The molecule has 0 unspecified atom stereocenters. The number of H-pyrrole nitrogens is 2. The van der Waals surface area contributed by atoms with Crippen LogP contribution in [0.5, 0.6) is 11.5 Å². The standard InChI is InChI=1S/C31H34N4O2/c1-4-18-17-35-12-10-23-25-16-21(37-3)6-8-27(25)34-31(23)29(35)14-19(18)13-28-30-22(9-11-32-28)24-15-20(36-2)5-7-26(24)33-30/h4-8,15-16,18-19,29,33-34H,1,9-14,17H2,2-3H3/t18-,19-,29-/m0/s1. The van der Waals surface area contributed by atoms with Crippen LogP contribution in [0.2, 0.25) is 0 Å². The number of nitrogens with one attached hydrogen (secondary N) is 2. The van der Waals surface area contributed by atoms with Crippen LogP contribution in [0.15, 0.2) is 54.0 Å². The third kappa shape index (κ3) is 3.61. The number of ether oxygens (including phenoxy) is 2. The van der Waals surface area contributed by atoms with Gasteiger partial charge in [-0.3, -0.25) is 9.89 Å². The maximum Gasteiger partial charge on any atom is 0.119 e. The van der Waals surface area contributed by atoms with Gasteiger partial charge in [0.1, 0.15) is 11.5 Å². The van der Waals surface area contributed by atoms with Gasteiger partial charge in [0.05, 0.1) is 31.7 Å². The summed E-state index contributed by atoms with van der Waals surface area (Å²) in [6, 6.07) is 13.1. The molecule has 37 heavy (non-hydrogen) atoms. The zero-order valence-corrected chi connectivity index (χ0v) is 21.6. The van der Waals surface area contributed by atoms with Gasteiger partial charge in [0.2, 0.25) is 0 Å². The highest BCUT2D eigenvalue weighted by atomic mass is 16.5. The summed E-state index contributed by atoms with van der Waals surface area (Å²) in [5, 5.41) is 2.58. The van der Waals surface area contributed by atoms with E-state index in [4.69, 9.17) is 14.5 Å². The molecule has 0 spiro atoms. The molecule has 6 heteroatoms. The molecule has 2 aromatic carbocycles. The van der Waals surface area contributed by atoms with Crippen molar-refractivity contribution in [2.75, 3.05) is 33.9 Å². The fraction of sp³-hybridized carbons (Fsp3) is 0.387. The number of fused-ring (bicyclic) bond motifs is 8. The number of hydrogen-bond donors (Lipinski definition) is 2. The number of methoxy groups -OCH3 is 2. The van der Waals surface area contributed by atoms with Crippen LogP contribution < -0.4 is 9.47 Å². The van der Waals surface area contributed by atoms with Crippen molar-refractivity contribution in [3.63, 3.8) is 0 Å². The number of nitrogens with zero attached hydrogens (tertiary/aromatic N) is 2. The summed E-state index contributed by atoms with van der Waals surface area (Å²) < 4.78 is 11.0. The van der Waals surface area contributed by atoms with Crippen LogP contribution in [-0.2, 0) is 12.8 Å². The quantitative estimate of drug-likeness (QED) is 0.344. The molecule has 2 aromatic heterocycles. The van der Waals surface area contributed by atoms with Crippen LogP contribution in [0, 0.1) is 11.8 Å². The Labute approximate surface area is 217 Å². The maximum absolute atomic E-state index is 5.52. The van der Waals surface area contributed by atoms with Gasteiger partial charge in [0.15, 0.2) is 0 Å². The Morgan fingerprint density at radius 2 is 1.73 bits per heavy atom. The number of aliphatic imine (C=N–C) groups is 1. The number of aromatic amines is 2. The third-order valence-electron chi connectivity index (χ3n) is 8.97. The summed E-state index contributed by atoms with van der Waals surface area (Å²) in [6.45, 7) is 7.25. The highest BCUT2D eigenvalue weighted by Crippen LogP contribution is 2.45. The lowest BCUT2D eigenvalue weighted by molar-refractivity contribution is 0.0735. The summed E-state index contributed by atoms with van der Waals surface area (Å²) in [4.78, 5) is 15.2. The number of rotatable bonds is 5. The van der Waals surface area contributed by atoms with Gasteiger partial charge in [-0.05, 0) is 85.0 Å². The van der Waals surface area contributed by atoms with Crippen molar-refractivity contribution in [3.05, 3.63) is 71.6 Å². The van der Waals surface area contributed by atoms with Gasteiger partial charge in [-0.1, -0.05) is 6.08 Å². The van der Waals surface area contributed by atoms with Crippen molar-refractivity contribution in [1.29, 1.82) is 0 Å². The predicted molar refractivity (Wildman–Crippen MR) is 149 cm³/mol. The van der Waals surface area contributed by atoms with Gasteiger partial charge in [-0.15, -0.1) is 6.58 Å². The monoisotopic (exact) mass is 494 g/mol. The minimum Gasteiger partial charge on any atom is -0.497 e. The Morgan fingerprint density at radius 3 is 2.46 bits per heavy atom. The molecule has 2 N–H and O–H groups in total. The van der Waals surface area contributed by atoms with Crippen LogP contribution >= 0.6 is 0 Å². The number of hydrogen-bond acceptors (Lipinski definition) is 4. The fourth-order valence-electron chi connectivity index (χ4n) is 7.05. The van der Waals surface area contributed by atoms with Crippen molar-refractivity contribution >= 4 is 27.5 Å². The molecule has 1 saturated heterocycles. The topological polar surface area (TPSA) is 65.6 Å². The van der Waals surface area contributed by atoms with E-state index < -0.39 is 0 Å². The van der Waals surface area contributed by atoms with E-state index in [2.05, 4.69) is 51.8 Å². The number of benzene rings is 2. The predicted octanol–water partition coefficient (Wildman–Crippen LogP) is 5.82. The van der Waals surface area contributed by atoms with Crippen LogP contribution in [0.1, 0.15) is 41.4 Å². The van der Waals surface area contributed by atoms with E-state index in [-0.39, 0.29) is 0 Å². The van der Waals surface area contributed by atoms with Crippen LogP contribution in [0.25, 0.3) is 21.8 Å². The van der Waals surface area contributed by atoms with Gasteiger partial charge in [-0.2, -0.15) is 0 Å². The molecule has 3 aliphatic rings. The average molecular weight is 495 g/mol. The zero-order chi connectivity index (χ0) is 25.1. The number of aromatic nitrogens is 2. The Bertz CT molecular complexity index is 1540. The summed E-state index contributed by atoms with van der Waals surface area (Å²) >= 11 is 0. The summed E-state index contributed by atoms with van der Waals surface area (Å²) in [5.74, 6) is 2.78. The van der Waals surface area contributed by atoms with Crippen LogP contribution in [0.4, 0.5) is 0 Å². The zero-order valence-electron chi connectivity index (χ0n) is 21.6. The Balaban J connectivity index is 1.21. The first-order valence-electron chi connectivity index (χ1n) is 13.4. The molecule has 0 amide bonds. The van der Waals surface area contributed by atoms with Crippen molar-refractivity contribution in [3.8, 4) is 11.5 Å². The lowest BCUT2D eigenvalue weighted by Crippen LogP contribution is -2.46. The molecular weight excluding hydrogens is 460 g/mol. The Hall–Kier alpha value is -3.51. The average Bonchev–Trinajstić information content (AvgIpc) is 3.51. The summed E-state index contributed by atoms with van der Waals surface area (Å²) in [7, 11) is 3.47. The molecule has 3 aliphatic heterocycles. The molecule has 6 nitrogen and oxygen atoms in total. The molecule has 4 aromatic rings. The second-order valence-corrected chi connectivity index (χ2v) is 10.8. The SMILES string of the molecule is C=C[C@H]1CN2CCc3c([nH]c4ccc(OC)cc34)[C@@H]2C[C@@H]1CC1=NCCc2c1[nH]c1ccc(OC)cc21. The molecule has 5 heterocycles. The molecule has 0 aliphatic carbocycles. The highest BCUT2D eigenvalue weighted by Gasteiger charge is 2.40. The van der Waals surface area contributed by atoms with Crippen molar-refractivity contribution < 1.29 is 9.47 Å². The van der Waals surface area contributed by atoms with Gasteiger partial charge >= 0.3 is 0 Å². The highest BCUT2D eigenvalue weighted by molar-refractivity contribution is 6.06. The summed E-state index contributed by atoms with van der Waals surface area (Å²) in [5.41, 5.74) is 9.07. The Kier molecular flexibility index (Phi) is 5.39. The van der Waals surface area contributed by atoms with E-state index in [0.717, 1.165) is 56.8 Å². The first-order valence-corrected chi connectivity index (χ1v) is 13.4. The minimum atomic E-state index is 0.402. The van der Waals surface area contributed by atoms with Crippen LogP contribution in [-0.4, -0.2) is 54.4 Å². The van der Waals surface area contributed by atoms with Crippen molar-refractivity contribution in [2.24, 2.45) is 16.8 Å². The lowest BCUT2D eigenvalue weighted by Gasteiger charge is -2.46. The minimum absolute atomic E-state index is 0.402. The van der Waals surface area contributed by atoms with E-state index in [9.17, 15) is 0 Å². The first-order chi connectivity index (χ1) is 18.2. The van der Waals surface area contributed by atoms with Crippen LogP contribution in [0.3, 0.4) is 0 Å².